The third-order valence-electron chi connectivity index (χ3n) is 2.17. The number of hydrogen-bond acceptors (Lipinski definition) is 6. The molecule has 102 valence electrons. The van der Waals surface area contributed by atoms with Crippen molar-refractivity contribution >= 4 is 39.7 Å². The molecule has 0 aromatic carbocycles. The Morgan fingerprint density at radius 1 is 1.56 bits per heavy atom. The number of thiophene rings is 1. The standard InChI is InChI=1S/C11H19N3O2S2/c1-6(2)16-5-4-14-11-9(17-3)7(12)8(18-11)10(13)15/h6,14H,4-5,12H2,1-3H3,(H2,13,15). The van der Waals surface area contributed by atoms with E-state index in [2.05, 4.69) is 5.32 Å². The maximum atomic E-state index is 11.2. The van der Waals surface area contributed by atoms with Crippen LogP contribution in [-0.2, 0) is 4.74 Å². The lowest BCUT2D eigenvalue weighted by Crippen LogP contribution is -2.12. The van der Waals surface area contributed by atoms with Crippen LogP contribution in [0.15, 0.2) is 4.90 Å². The number of ether oxygens (including phenoxy) is 1. The molecule has 0 atom stereocenters. The molecule has 0 aliphatic rings. The molecule has 18 heavy (non-hydrogen) atoms. The highest BCUT2D eigenvalue weighted by molar-refractivity contribution is 7.99. The van der Waals surface area contributed by atoms with Crippen LogP contribution in [0.25, 0.3) is 0 Å². The lowest BCUT2D eigenvalue weighted by atomic mass is 10.4. The Labute approximate surface area is 115 Å². The first-order valence-corrected chi connectivity index (χ1v) is 7.63. The van der Waals surface area contributed by atoms with E-state index < -0.39 is 5.91 Å². The fourth-order valence-electron chi connectivity index (χ4n) is 1.39. The molecule has 7 heteroatoms. The van der Waals surface area contributed by atoms with E-state index in [-0.39, 0.29) is 6.10 Å². The molecule has 0 unspecified atom stereocenters. The van der Waals surface area contributed by atoms with Crippen molar-refractivity contribution in [3.05, 3.63) is 4.88 Å². The second-order valence-corrected chi connectivity index (χ2v) is 5.75. The lowest BCUT2D eigenvalue weighted by Gasteiger charge is -2.09. The minimum atomic E-state index is -0.487. The summed E-state index contributed by atoms with van der Waals surface area (Å²) in [4.78, 5) is 12.5. The number of thioether (sulfide) groups is 1. The van der Waals surface area contributed by atoms with Gasteiger partial charge in [0, 0.05) is 6.54 Å². The molecule has 1 amide bonds. The second-order valence-electron chi connectivity index (χ2n) is 3.92. The summed E-state index contributed by atoms with van der Waals surface area (Å²) in [5.41, 5.74) is 11.6. The third-order valence-corrected chi connectivity index (χ3v) is 4.31. The average molecular weight is 289 g/mol. The molecule has 0 saturated carbocycles. The Morgan fingerprint density at radius 2 is 2.22 bits per heavy atom. The zero-order valence-electron chi connectivity index (χ0n) is 10.8. The second kappa shape index (κ2) is 6.86. The van der Waals surface area contributed by atoms with Gasteiger partial charge in [-0.1, -0.05) is 0 Å². The van der Waals surface area contributed by atoms with Crippen LogP contribution in [0.2, 0.25) is 0 Å². The van der Waals surface area contributed by atoms with E-state index >= 15 is 0 Å². The van der Waals surface area contributed by atoms with E-state index in [9.17, 15) is 4.79 Å². The van der Waals surface area contributed by atoms with Gasteiger partial charge in [0.05, 0.1) is 23.3 Å². The number of carbonyl (C=O) groups excluding carboxylic acids is 1. The Morgan fingerprint density at radius 3 is 2.72 bits per heavy atom. The van der Waals surface area contributed by atoms with Gasteiger partial charge < -0.3 is 21.5 Å². The molecular weight excluding hydrogens is 270 g/mol. The monoisotopic (exact) mass is 289 g/mol. The van der Waals surface area contributed by atoms with Crippen LogP contribution in [0.5, 0.6) is 0 Å². The molecule has 5 N–H and O–H groups in total. The van der Waals surface area contributed by atoms with Crippen molar-refractivity contribution < 1.29 is 9.53 Å². The molecule has 1 rings (SSSR count). The first-order chi connectivity index (χ1) is 8.47. The van der Waals surface area contributed by atoms with Crippen LogP contribution in [0.4, 0.5) is 10.7 Å². The summed E-state index contributed by atoms with van der Waals surface area (Å²) < 4.78 is 5.43. The van der Waals surface area contributed by atoms with E-state index in [1.165, 1.54) is 23.1 Å². The van der Waals surface area contributed by atoms with Crippen molar-refractivity contribution in [1.82, 2.24) is 0 Å². The van der Waals surface area contributed by atoms with Gasteiger partial charge in [0.1, 0.15) is 9.88 Å². The Balaban J connectivity index is 2.70. The topological polar surface area (TPSA) is 90.4 Å². The highest BCUT2D eigenvalue weighted by atomic mass is 32.2. The summed E-state index contributed by atoms with van der Waals surface area (Å²) in [6, 6.07) is 0. The predicted octanol–water partition coefficient (Wildman–Crippen LogP) is 1.99. The quantitative estimate of drug-likeness (QED) is 0.527. The molecule has 1 aromatic heterocycles. The molecule has 5 nitrogen and oxygen atoms in total. The van der Waals surface area contributed by atoms with Crippen molar-refractivity contribution in [2.75, 3.05) is 30.5 Å². The fraction of sp³-hybridized carbons (Fsp3) is 0.545. The lowest BCUT2D eigenvalue weighted by molar-refractivity contribution is 0.0870. The molecule has 0 bridgehead atoms. The fourth-order valence-corrected chi connectivity index (χ4v) is 3.30. The maximum absolute atomic E-state index is 11.2. The average Bonchev–Trinajstić information content (AvgIpc) is 2.61. The van der Waals surface area contributed by atoms with E-state index in [0.717, 1.165) is 9.90 Å². The summed E-state index contributed by atoms with van der Waals surface area (Å²) in [6.07, 6.45) is 2.13. The van der Waals surface area contributed by atoms with Crippen LogP contribution < -0.4 is 16.8 Å². The van der Waals surface area contributed by atoms with Crippen molar-refractivity contribution in [2.24, 2.45) is 5.73 Å². The Kier molecular flexibility index (Phi) is 5.77. The normalized spacial score (nSPS) is 10.9. The van der Waals surface area contributed by atoms with Crippen LogP contribution in [-0.4, -0.2) is 31.4 Å². The van der Waals surface area contributed by atoms with Gasteiger partial charge in [0.15, 0.2) is 0 Å². The number of amides is 1. The van der Waals surface area contributed by atoms with Crippen molar-refractivity contribution in [3.8, 4) is 0 Å². The van der Waals surface area contributed by atoms with E-state index in [0.29, 0.717) is 23.7 Å². The Hall–Kier alpha value is -0.920. The summed E-state index contributed by atoms with van der Waals surface area (Å²) in [5, 5.41) is 4.10. The SMILES string of the molecule is CSc1c(NCCOC(C)C)sc(C(N)=O)c1N. The zero-order valence-corrected chi connectivity index (χ0v) is 12.4. The smallest absolute Gasteiger partial charge is 0.261 e. The minimum absolute atomic E-state index is 0.210. The van der Waals surface area contributed by atoms with Crippen LogP contribution in [0.3, 0.4) is 0 Å². The number of nitrogen functional groups attached to an aromatic ring is 1. The minimum Gasteiger partial charge on any atom is -0.396 e. The van der Waals surface area contributed by atoms with Gasteiger partial charge >= 0.3 is 0 Å². The number of nitrogens with two attached hydrogens (primary N) is 2. The molecule has 1 aromatic rings. The number of nitrogens with one attached hydrogen (secondary N) is 1. The van der Waals surface area contributed by atoms with Crippen molar-refractivity contribution in [2.45, 2.75) is 24.8 Å². The van der Waals surface area contributed by atoms with Crippen LogP contribution in [0.1, 0.15) is 23.5 Å². The largest absolute Gasteiger partial charge is 0.396 e. The molecule has 0 saturated heterocycles. The number of carbonyl (C=O) groups is 1. The Bertz CT molecular complexity index is 419. The van der Waals surface area contributed by atoms with Gasteiger partial charge in [-0.05, 0) is 20.1 Å². The van der Waals surface area contributed by atoms with Crippen LogP contribution >= 0.6 is 23.1 Å². The molecule has 0 aliphatic heterocycles. The molecule has 0 fully saturated rings. The maximum Gasteiger partial charge on any atom is 0.261 e. The van der Waals surface area contributed by atoms with E-state index in [1.54, 1.807) is 0 Å². The van der Waals surface area contributed by atoms with Gasteiger partial charge in [-0.2, -0.15) is 0 Å². The number of rotatable bonds is 7. The van der Waals surface area contributed by atoms with Crippen LogP contribution in [0, 0.1) is 0 Å². The molecule has 0 aliphatic carbocycles. The summed E-state index contributed by atoms with van der Waals surface area (Å²) in [7, 11) is 0. The molecule has 1 heterocycles. The number of anilines is 2. The summed E-state index contributed by atoms with van der Waals surface area (Å²) in [5.74, 6) is -0.487. The predicted molar refractivity (Wildman–Crippen MR) is 78.6 cm³/mol. The first kappa shape index (κ1) is 15.1. The van der Waals surface area contributed by atoms with Gasteiger partial charge in [-0.15, -0.1) is 23.1 Å². The first-order valence-electron chi connectivity index (χ1n) is 5.58. The van der Waals surface area contributed by atoms with Gasteiger partial charge in [-0.25, -0.2) is 0 Å². The van der Waals surface area contributed by atoms with Crippen molar-refractivity contribution in [3.63, 3.8) is 0 Å². The third kappa shape index (κ3) is 3.79. The summed E-state index contributed by atoms with van der Waals surface area (Å²) in [6.45, 7) is 5.25. The number of hydrogen-bond donors (Lipinski definition) is 3. The van der Waals surface area contributed by atoms with Gasteiger partial charge in [0.25, 0.3) is 5.91 Å². The summed E-state index contributed by atoms with van der Waals surface area (Å²) >= 11 is 2.79. The highest BCUT2D eigenvalue weighted by Gasteiger charge is 2.18. The molecule has 0 spiro atoms. The van der Waals surface area contributed by atoms with Crippen molar-refractivity contribution in [1.29, 1.82) is 0 Å². The highest BCUT2D eigenvalue weighted by Crippen LogP contribution is 2.41. The van der Waals surface area contributed by atoms with Gasteiger partial charge in [-0.3, -0.25) is 4.79 Å². The molecule has 0 radical (unpaired) electrons. The van der Waals surface area contributed by atoms with Gasteiger partial charge in [0.2, 0.25) is 0 Å². The van der Waals surface area contributed by atoms with E-state index in [1.807, 2.05) is 20.1 Å². The molecular formula is C11H19N3O2S2. The van der Waals surface area contributed by atoms with E-state index in [4.69, 9.17) is 16.2 Å². The zero-order chi connectivity index (χ0) is 13.7. The number of primary amides is 1.